The molecule has 6 heteroatoms. The van der Waals surface area contributed by atoms with Gasteiger partial charge in [-0.3, -0.25) is 9.48 Å². The van der Waals surface area contributed by atoms with E-state index in [9.17, 15) is 4.79 Å². The lowest BCUT2D eigenvalue weighted by Gasteiger charge is -2.24. The van der Waals surface area contributed by atoms with E-state index in [1.165, 1.54) is 5.56 Å². The third-order valence-corrected chi connectivity index (χ3v) is 4.81. The average molecular weight is 312 g/mol. The van der Waals surface area contributed by atoms with Crippen LogP contribution in [0.15, 0.2) is 42.6 Å². The number of hydrogen-bond donors (Lipinski definition) is 2. The number of rotatable bonds is 4. The number of ether oxygens (including phenoxy) is 1. The summed E-state index contributed by atoms with van der Waals surface area (Å²) in [5.74, 6) is 0.863. The van der Waals surface area contributed by atoms with Gasteiger partial charge in [0.25, 0.3) is 0 Å². The van der Waals surface area contributed by atoms with E-state index in [0.717, 1.165) is 6.54 Å². The van der Waals surface area contributed by atoms with Crippen LogP contribution >= 0.6 is 0 Å². The molecule has 4 rings (SSSR count). The van der Waals surface area contributed by atoms with Crippen molar-refractivity contribution in [1.82, 2.24) is 15.1 Å². The molecule has 2 aliphatic heterocycles. The van der Waals surface area contributed by atoms with E-state index >= 15 is 0 Å². The Hall–Kier alpha value is -2.18. The molecule has 6 nitrogen and oxygen atoms in total. The van der Waals surface area contributed by atoms with Crippen molar-refractivity contribution in [3.63, 3.8) is 0 Å². The Kier molecular flexibility index (Phi) is 3.63. The molecule has 2 aromatic rings. The van der Waals surface area contributed by atoms with Gasteiger partial charge in [0, 0.05) is 31.3 Å². The van der Waals surface area contributed by atoms with Gasteiger partial charge in [-0.15, -0.1) is 0 Å². The highest BCUT2D eigenvalue weighted by Gasteiger charge is 2.53. The molecule has 0 aliphatic carbocycles. The normalized spacial score (nSPS) is 26.2. The number of carbonyl (C=O) groups excluding carboxylic acids is 1. The van der Waals surface area contributed by atoms with Crippen molar-refractivity contribution >= 4 is 11.7 Å². The van der Waals surface area contributed by atoms with Crippen LogP contribution in [-0.4, -0.2) is 42.0 Å². The Balaban J connectivity index is 1.44. The number of benzene rings is 1. The van der Waals surface area contributed by atoms with Crippen molar-refractivity contribution in [3.8, 4) is 0 Å². The van der Waals surface area contributed by atoms with Crippen molar-refractivity contribution in [2.45, 2.75) is 6.54 Å². The Morgan fingerprint density at radius 2 is 2.26 bits per heavy atom. The van der Waals surface area contributed by atoms with Crippen LogP contribution in [0.1, 0.15) is 5.56 Å². The maximum Gasteiger partial charge on any atom is 0.235 e. The number of aromatic nitrogens is 2. The topological polar surface area (TPSA) is 68.2 Å². The molecular formula is C17H20N4O2. The molecule has 1 aromatic heterocycles. The van der Waals surface area contributed by atoms with Crippen LogP contribution in [0.5, 0.6) is 0 Å². The highest BCUT2D eigenvalue weighted by Crippen LogP contribution is 2.38. The van der Waals surface area contributed by atoms with Gasteiger partial charge in [0.15, 0.2) is 5.82 Å². The van der Waals surface area contributed by atoms with Crippen molar-refractivity contribution in [1.29, 1.82) is 0 Å². The summed E-state index contributed by atoms with van der Waals surface area (Å²) in [4.78, 5) is 12.7. The van der Waals surface area contributed by atoms with Gasteiger partial charge in [0.05, 0.1) is 25.2 Å². The van der Waals surface area contributed by atoms with Crippen LogP contribution in [0.2, 0.25) is 0 Å². The Morgan fingerprint density at radius 3 is 3.13 bits per heavy atom. The Bertz CT molecular complexity index is 688. The fourth-order valence-electron chi connectivity index (χ4n) is 3.44. The van der Waals surface area contributed by atoms with E-state index in [0.29, 0.717) is 32.1 Å². The van der Waals surface area contributed by atoms with Crippen LogP contribution in [0.25, 0.3) is 0 Å². The number of carbonyl (C=O) groups is 1. The largest absolute Gasteiger partial charge is 0.380 e. The van der Waals surface area contributed by atoms with Crippen molar-refractivity contribution < 1.29 is 9.53 Å². The zero-order chi connectivity index (χ0) is 15.7. The molecule has 0 saturated carbocycles. The number of anilines is 1. The quantitative estimate of drug-likeness (QED) is 0.887. The first-order chi connectivity index (χ1) is 11.3. The minimum Gasteiger partial charge on any atom is -0.380 e. The lowest BCUT2D eigenvalue weighted by atomic mass is 9.80. The number of nitrogens with zero attached hydrogens (tertiary/aromatic N) is 2. The zero-order valence-corrected chi connectivity index (χ0v) is 12.9. The highest BCUT2D eigenvalue weighted by atomic mass is 16.5. The van der Waals surface area contributed by atoms with Crippen LogP contribution in [0, 0.1) is 11.3 Å². The Morgan fingerprint density at radius 1 is 1.39 bits per heavy atom. The molecule has 2 N–H and O–H groups in total. The van der Waals surface area contributed by atoms with E-state index in [1.807, 2.05) is 35.1 Å². The minimum absolute atomic E-state index is 0.00922. The zero-order valence-electron chi connectivity index (χ0n) is 12.9. The predicted molar refractivity (Wildman–Crippen MR) is 86.0 cm³/mol. The van der Waals surface area contributed by atoms with Gasteiger partial charge in [-0.05, 0) is 5.56 Å². The Labute approximate surface area is 134 Å². The molecule has 0 unspecified atom stereocenters. The molecule has 23 heavy (non-hydrogen) atoms. The van der Waals surface area contributed by atoms with Gasteiger partial charge >= 0.3 is 0 Å². The third-order valence-electron chi connectivity index (χ3n) is 4.81. The van der Waals surface area contributed by atoms with Gasteiger partial charge in [-0.25, -0.2) is 0 Å². The predicted octanol–water partition coefficient (Wildman–Crippen LogP) is 1.11. The third kappa shape index (κ3) is 2.64. The van der Waals surface area contributed by atoms with Crippen LogP contribution in [-0.2, 0) is 16.1 Å². The lowest BCUT2D eigenvalue weighted by Crippen LogP contribution is -2.42. The molecule has 2 atom stereocenters. The molecule has 0 radical (unpaired) electrons. The molecule has 2 fully saturated rings. The van der Waals surface area contributed by atoms with Crippen LogP contribution in [0.4, 0.5) is 5.82 Å². The summed E-state index contributed by atoms with van der Waals surface area (Å²) in [6, 6.07) is 12.0. The summed E-state index contributed by atoms with van der Waals surface area (Å²) in [5, 5.41) is 10.7. The second kappa shape index (κ2) is 5.79. The van der Waals surface area contributed by atoms with Crippen molar-refractivity contribution in [2.75, 3.05) is 31.6 Å². The summed E-state index contributed by atoms with van der Waals surface area (Å²) in [6.45, 7) is 3.35. The van der Waals surface area contributed by atoms with Gasteiger partial charge in [-0.1, -0.05) is 30.3 Å². The number of amides is 1. The number of nitrogens with one attached hydrogen (secondary N) is 2. The van der Waals surface area contributed by atoms with Gasteiger partial charge in [0.2, 0.25) is 5.91 Å². The fraction of sp³-hybridized carbons (Fsp3) is 0.412. The molecule has 3 heterocycles. The van der Waals surface area contributed by atoms with E-state index in [4.69, 9.17) is 4.74 Å². The minimum atomic E-state index is -0.441. The van der Waals surface area contributed by atoms with E-state index in [2.05, 4.69) is 27.9 Å². The maximum atomic E-state index is 12.7. The summed E-state index contributed by atoms with van der Waals surface area (Å²) >= 11 is 0. The van der Waals surface area contributed by atoms with Crippen LogP contribution in [0.3, 0.4) is 0 Å². The molecular weight excluding hydrogens is 292 g/mol. The van der Waals surface area contributed by atoms with Crippen molar-refractivity contribution in [3.05, 3.63) is 48.2 Å². The molecule has 1 amide bonds. The molecule has 2 saturated heterocycles. The fourth-order valence-corrected chi connectivity index (χ4v) is 3.44. The summed E-state index contributed by atoms with van der Waals surface area (Å²) in [6.07, 6.45) is 1.88. The smallest absolute Gasteiger partial charge is 0.235 e. The monoisotopic (exact) mass is 312 g/mol. The van der Waals surface area contributed by atoms with Gasteiger partial charge in [0.1, 0.15) is 0 Å². The number of hydrogen-bond acceptors (Lipinski definition) is 4. The SMILES string of the molecule is O=C(Nc1ccn(Cc2ccccc2)n1)[C@]12CNC[C@H]1COC2. The van der Waals surface area contributed by atoms with E-state index < -0.39 is 5.41 Å². The number of fused-ring (bicyclic) bond motifs is 1. The molecule has 1 aromatic carbocycles. The first-order valence-electron chi connectivity index (χ1n) is 7.94. The first-order valence-corrected chi connectivity index (χ1v) is 7.94. The summed E-state index contributed by atoms with van der Waals surface area (Å²) in [7, 11) is 0. The van der Waals surface area contributed by atoms with E-state index in [1.54, 1.807) is 0 Å². The molecule has 120 valence electrons. The van der Waals surface area contributed by atoms with Gasteiger partial charge in [-0.2, -0.15) is 5.10 Å². The van der Waals surface area contributed by atoms with Crippen molar-refractivity contribution in [2.24, 2.45) is 11.3 Å². The maximum absolute atomic E-state index is 12.7. The highest BCUT2D eigenvalue weighted by molar-refractivity contribution is 5.95. The summed E-state index contributed by atoms with van der Waals surface area (Å²) in [5.41, 5.74) is 0.736. The standard InChI is InChI=1S/C17H20N4O2/c22-16(17-11-18-8-14(17)10-23-12-17)19-15-6-7-21(20-15)9-13-4-2-1-3-5-13/h1-7,14,18H,8-12H2,(H,19,20,22)/t14-,17-/m0/s1. The first kappa shape index (κ1) is 14.4. The lowest BCUT2D eigenvalue weighted by molar-refractivity contribution is -0.125. The molecule has 0 spiro atoms. The molecule has 2 aliphatic rings. The average Bonchev–Trinajstić information content (AvgIpc) is 3.23. The molecule has 0 bridgehead atoms. The second-order valence-electron chi connectivity index (χ2n) is 6.34. The van der Waals surface area contributed by atoms with Gasteiger partial charge < -0.3 is 15.4 Å². The summed E-state index contributed by atoms with van der Waals surface area (Å²) < 4.78 is 7.36. The van der Waals surface area contributed by atoms with Crippen LogP contribution < -0.4 is 10.6 Å². The second-order valence-corrected chi connectivity index (χ2v) is 6.34. The van der Waals surface area contributed by atoms with E-state index in [-0.39, 0.29) is 11.8 Å².